The molecular formula is C13H15FN2O. The van der Waals surface area contributed by atoms with E-state index in [4.69, 9.17) is 10.00 Å². The van der Waals surface area contributed by atoms with E-state index in [1.807, 2.05) is 0 Å². The van der Waals surface area contributed by atoms with Gasteiger partial charge in [0.2, 0.25) is 0 Å². The second-order valence-electron chi connectivity index (χ2n) is 4.44. The largest absolute Gasteiger partial charge is 0.378 e. The zero-order valence-electron chi connectivity index (χ0n) is 9.58. The Hall–Kier alpha value is -1.44. The molecule has 0 amide bonds. The first-order valence-electron chi connectivity index (χ1n) is 5.68. The van der Waals surface area contributed by atoms with E-state index < -0.39 is 0 Å². The van der Waals surface area contributed by atoms with E-state index >= 15 is 0 Å². The molecule has 1 aromatic rings. The topological polar surface area (TPSA) is 45.0 Å². The SMILES string of the molecule is N#CC1(CNCCc2ccc(F)cc2)COC1. The zero-order valence-corrected chi connectivity index (χ0v) is 9.58. The van der Waals surface area contributed by atoms with E-state index in [1.54, 1.807) is 12.1 Å². The summed E-state index contributed by atoms with van der Waals surface area (Å²) in [5, 5.41) is 12.2. The Morgan fingerprint density at radius 2 is 2.06 bits per heavy atom. The molecule has 1 N–H and O–H groups in total. The number of nitriles is 1. The van der Waals surface area contributed by atoms with E-state index in [0.717, 1.165) is 18.5 Å². The highest BCUT2D eigenvalue weighted by Gasteiger charge is 2.38. The minimum atomic E-state index is -0.331. The van der Waals surface area contributed by atoms with Crippen LogP contribution in [-0.2, 0) is 11.2 Å². The molecule has 0 radical (unpaired) electrons. The number of benzene rings is 1. The highest BCUT2D eigenvalue weighted by Crippen LogP contribution is 2.24. The molecule has 0 aliphatic carbocycles. The number of ether oxygens (including phenoxy) is 1. The summed E-state index contributed by atoms with van der Waals surface area (Å²) in [6, 6.07) is 8.77. The van der Waals surface area contributed by atoms with Gasteiger partial charge >= 0.3 is 0 Å². The van der Waals surface area contributed by atoms with Crippen LogP contribution in [0.3, 0.4) is 0 Å². The van der Waals surface area contributed by atoms with Gasteiger partial charge in [-0.1, -0.05) is 12.1 Å². The minimum absolute atomic E-state index is 0.211. The van der Waals surface area contributed by atoms with Crippen molar-refractivity contribution >= 4 is 0 Å². The molecule has 90 valence electrons. The molecule has 17 heavy (non-hydrogen) atoms. The second kappa shape index (κ2) is 5.26. The maximum atomic E-state index is 12.7. The van der Waals surface area contributed by atoms with Gasteiger partial charge in [0.1, 0.15) is 11.2 Å². The Morgan fingerprint density at radius 3 is 2.59 bits per heavy atom. The molecule has 0 saturated carbocycles. The van der Waals surface area contributed by atoms with E-state index in [-0.39, 0.29) is 11.2 Å². The highest BCUT2D eigenvalue weighted by molar-refractivity contribution is 5.16. The number of nitrogens with one attached hydrogen (secondary N) is 1. The standard InChI is InChI=1S/C13H15FN2O/c14-12-3-1-11(2-4-12)5-6-16-8-13(7-15)9-17-10-13/h1-4,16H,5-6,8-10H2. The summed E-state index contributed by atoms with van der Waals surface area (Å²) in [5.41, 5.74) is 0.762. The van der Waals surface area contributed by atoms with Crippen LogP contribution in [0.5, 0.6) is 0 Å². The lowest BCUT2D eigenvalue weighted by atomic mass is 9.88. The van der Waals surface area contributed by atoms with E-state index in [1.165, 1.54) is 12.1 Å². The Labute approximate surface area is 100 Å². The molecule has 1 fully saturated rings. The van der Waals surface area contributed by atoms with Crippen molar-refractivity contribution in [3.8, 4) is 6.07 Å². The van der Waals surface area contributed by atoms with Crippen molar-refractivity contribution in [1.82, 2.24) is 5.32 Å². The van der Waals surface area contributed by atoms with Crippen LogP contribution >= 0.6 is 0 Å². The third kappa shape index (κ3) is 3.02. The number of nitrogens with zero attached hydrogens (tertiary/aromatic N) is 1. The van der Waals surface area contributed by atoms with Crippen LogP contribution in [0.1, 0.15) is 5.56 Å². The first-order valence-corrected chi connectivity index (χ1v) is 5.68. The Morgan fingerprint density at radius 1 is 1.35 bits per heavy atom. The smallest absolute Gasteiger partial charge is 0.123 e. The summed E-state index contributed by atoms with van der Waals surface area (Å²) in [5.74, 6) is -0.211. The van der Waals surface area contributed by atoms with Crippen LogP contribution in [0.4, 0.5) is 4.39 Å². The van der Waals surface area contributed by atoms with Crippen molar-refractivity contribution in [2.75, 3.05) is 26.3 Å². The third-order valence-electron chi connectivity index (χ3n) is 2.96. The van der Waals surface area contributed by atoms with Crippen molar-refractivity contribution in [3.05, 3.63) is 35.6 Å². The maximum Gasteiger partial charge on any atom is 0.123 e. The molecule has 0 bridgehead atoms. The van der Waals surface area contributed by atoms with Gasteiger partial charge in [-0.3, -0.25) is 0 Å². The molecule has 1 saturated heterocycles. The monoisotopic (exact) mass is 234 g/mol. The van der Waals surface area contributed by atoms with Gasteiger partial charge in [0, 0.05) is 6.54 Å². The molecule has 0 spiro atoms. The first kappa shape index (κ1) is 12.0. The summed E-state index contributed by atoms with van der Waals surface area (Å²) < 4.78 is 17.7. The van der Waals surface area contributed by atoms with Gasteiger partial charge in [0.25, 0.3) is 0 Å². The minimum Gasteiger partial charge on any atom is -0.378 e. The predicted molar refractivity (Wildman–Crippen MR) is 61.8 cm³/mol. The number of rotatable bonds is 5. The van der Waals surface area contributed by atoms with E-state index in [2.05, 4.69) is 11.4 Å². The van der Waals surface area contributed by atoms with Crippen molar-refractivity contribution < 1.29 is 9.13 Å². The predicted octanol–water partition coefficient (Wildman–Crippen LogP) is 1.50. The normalized spacial score (nSPS) is 17.2. The van der Waals surface area contributed by atoms with Crippen LogP contribution < -0.4 is 5.32 Å². The summed E-state index contributed by atoms with van der Waals surface area (Å²) in [6.45, 7) is 2.49. The highest BCUT2D eigenvalue weighted by atomic mass is 19.1. The molecule has 2 rings (SSSR count). The average molecular weight is 234 g/mol. The third-order valence-corrected chi connectivity index (χ3v) is 2.96. The van der Waals surface area contributed by atoms with Crippen LogP contribution in [0, 0.1) is 22.6 Å². The summed E-state index contributed by atoms with van der Waals surface area (Å²) in [7, 11) is 0. The van der Waals surface area contributed by atoms with Crippen molar-refractivity contribution in [2.45, 2.75) is 6.42 Å². The molecule has 0 aromatic heterocycles. The molecule has 3 nitrogen and oxygen atoms in total. The summed E-state index contributed by atoms with van der Waals surface area (Å²) in [6.07, 6.45) is 0.836. The fraction of sp³-hybridized carbons (Fsp3) is 0.462. The fourth-order valence-corrected chi connectivity index (χ4v) is 1.77. The molecule has 0 atom stereocenters. The molecular weight excluding hydrogens is 219 g/mol. The summed E-state index contributed by atoms with van der Waals surface area (Å²) in [4.78, 5) is 0. The van der Waals surface area contributed by atoms with Crippen molar-refractivity contribution in [2.24, 2.45) is 5.41 Å². The lowest BCUT2D eigenvalue weighted by Gasteiger charge is -2.35. The molecule has 1 aromatic carbocycles. The lowest BCUT2D eigenvalue weighted by molar-refractivity contribution is -0.0752. The average Bonchev–Trinajstić information content (AvgIpc) is 2.30. The maximum absolute atomic E-state index is 12.7. The fourth-order valence-electron chi connectivity index (χ4n) is 1.77. The molecule has 1 heterocycles. The summed E-state index contributed by atoms with van der Waals surface area (Å²) >= 11 is 0. The van der Waals surface area contributed by atoms with Crippen molar-refractivity contribution in [1.29, 1.82) is 5.26 Å². The van der Waals surface area contributed by atoms with E-state index in [0.29, 0.717) is 19.8 Å². The zero-order chi connectivity index (χ0) is 12.1. The van der Waals surface area contributed by atoms with Crippen LogP contribution in [0.2, 0.25) is 0 Å². The van der Waals surface area contributed by atoms with Gasteiger partial charge < -0.3 is 10.1 Å². The molecule has 4 heteroatoms. The van der Waals surface area contributed by atoms with Crippen LogP contribution in [0.15, 0.2) is 24.3 Å². The quantitative estimate of drug-likeness (QED) is 0.785. The molecule has 1 aliphatic rings. The van der Waals surface area contributed by atoms with Gasteiger partial charge in [-0.15, -0.1) is 0 Å². The van der Waals surface area contributed by atoms with Gasteiger partial charge in [-0.2, -0.15) is 5.26 Å². The van der Waals surface area contributed by atoms with Gasteiger partial charge in [0.15, 0.2) is 0 Å². The Bertz CT molecular complexity index is 406. The van der Waals surface area contributed by atoms with Gasteiger partial charge in [0.05, 0.1) is 19.3 Å². The number of hydrogen-bond donors (Lipinski definition) is 1. The van der Waals surface area contributed by atoms with Gasteiger partial charge in [-0.05, 0) is 30.7 Å². The Kier molecular flexibility index (Phi) is 3.72. The second-order valence-corrected chi connectivity index (χ2v) is 4.44. The van der Waals surface area contributed by atoms with Crippen LogP contribution in [0.25, 0.3) is 0 Å². The number of halogens is 1. The van der Waals surface area contributed by atoms with E-state index in [9.17, 15) is 4.39 Å². The van der Waals surface area contributed by atoms with Gasteiger partial charge in [-0.25, -0.2) is 4.39 Å². The Balaban J connectivity index is 1.70. The number of hydrogen-bond acceptors (Lipinski definition) is 3. The van der Waals surface area contributed by atoms with Crippen molar-refractivity contribution in [3.63, 3.8) is 0 Å². The first-order chi connectivity index (χ1) is 8.24. The molecule has 0 unspecified atom stereocenters. The lowest BCUT2D eigenvalue weighted by Crippen LogP contribution is -2.48. The molecule has 1 aliphatic heterocycles. The van der Waals surface area contributed by atoms with Crippen LogP contribution in [-0.4, -0.2) is 26.3 Å².